The van der Waals surface area contributed by atoms with Crippen LogP contribution >= 0.6 is 0 Å². The summed E-state index contributed by atoms with van der Waals surface area (Å²) in [6, 6.07) is 53.9. The summed E-state index contributed by atoms with van der Waals surface area (Å²) in [5, 5.41) is 10.4. The van der Waals surface area contributed by atoms with Crippen molar-refractivity contribution in [1.29, 1.82) is 0 Å². The quantitative estimate of drug-likeness (QED) is 0.205. The van der Waals surface area contributed by atoms with Crippen molar-refractivity contribution in [3.8, 4) is 44.5 Å². The minimum Gasteiger partial charge on any atom is -0.0616 e. The highest BCUT2D eigenvalue weighted by Crippen LogP contribution is 2.48. The molecule has 0 bridgehead atoms. The van der Waals surface area contributed by atoms with E-state index in [1.165, 1.54) is 87.6 Å². The van der Waals surface area contributed by atoms with Gasteiger partial charge in [-0.15, -0.1) is 0 Å². The standard InChI is InChI=1S/C40H24/c1-2-8-34-25(6-1)12-17-31-22-29(18-19-35(31)34)27-13-14-28-21-30(16-15-26(28)20-27)33-23-32-7-5-11-38-36-9-3-4-10-37(36)39(24-33)40(32)38/h1-24H. The van der Waals surface area contributed by atoms with Crippen molar-refractivity contribution < 1.29 is 0 Å². The van der Waals surface area contributed by atoms with Gasteiger partial charge in [-0.3, -0.25) is 0 Å². The highest BCUT2D eigenvalue weighted by Gasteiger charge is 2.21. The number of hydrogen-bond donors (Lipinski definition) is 0. The van der Waals surface area contributed by atoms with E-state index in [0.717, 1.165) is 0 Å². The molecule has 0 amide bonds. The molecule has 0 saturated carbocycles. The van der Waals surface area contributed by atoms with E-state index in [1.807, 2.05) is 0 Å². The molecule has 184 valence electrons. The van der Waals surface area contributed by atoms with Gasteiger partial charge in [-0.25, -0.2) is 0 Å². The Morgan fingerprint density at radius 1 is 0.250 bits per heavy atom. The van der Waals surface area contributed by atoms with Crippen LogP contribution in [0, 0.1) is 0 Å². The van der Waals surface area contributed by atoms with E-state index < -0.39 is 0 Å². The molecule has 40 heavy (non-hydrogen) atoms. The average Bonchev–Trinajstić information content (AvgIpc) is 3.35. The number of rotatable bonds is 2. The van der Waals surface area contributed by atoms with Crippen molar-refractivity contribution in [1.82, 2.24) is 0 Å². The van der Waals surface area contributed by atoms with Crippen LogP contribution in [0.15, 0.2) is 146 Å². The molecular weight excluding hydrogens is 480 g/mol. The van der Waals surface area contributed by atoms with Crippen molar-refractivity contribution in [2.45, 2.75) is 0 Å². The van der Waals surface area contributed by atoms with Crippen LogP contribution in [0.2, 0.25) is 0 Å². The Kier molecular flexibility index (Phi) is 4.42. The minimum absolute atomic E-state index is 1.25. The second-order valence-electron chi connectivity index (χ2n) is 11.0. The summed E-state index contributed by atoms with van der Waals surface area (Å²) in [5.74, 6) is 0. The molecular formula is C40H24. The van der Waals surface area contributed by atoms with Gasteiger partial charge in [0, 0.05) is 0 Å². The summed E-state index contributed by atoms with van der Waals surface area (Å²) >= 11 is 0. The zero-order valence-corrected chi connectivity index (χ0v) is 21.9. The Morgan fingerprint density at radius 3 is 1.60 bits per heavy atom. The van der Waals surface area contributed by atoms with E-state index in [0.29, 0.717) is 0 Å². The number of benzene rings is 8. The van der Waals surface area contributed by atoms with Crippen LogP contribution in [0.5, 0.6) is 0 Å². The first-order valence-corrected chi connectivity index (χ1v) is 13.9. The van der Waals surface area contributed by atoms with Crippen LogP contribution < -0.4 is 0 Å². The molecule has 0 aliphatic heterocycles. The van der Waals surface area contributed by atoms with Crippen LogP contribution in [0.3, 0.4) is 0 Å². The normalized spacial score (nSPS) is 12.0. The Morgan fingerprint density at radius 2 is 0.775 bits per heavy atom. The van der Waals surface area contributed by atoms with Gasteiger partial charge in [0.2, 0.25) is 0 Å². The van der Waals surface area contributed by atoms with E-state index >= 15 is 0 Å². The monoisotopic (exact) mass is 504 g/mol. The molecule has 8 aromatic rings. The summed E-state index contributed by atoms with van der Waals surface area (Å²) in [7, 11) is 0. The third kappa shape index (κ3) is 3.14. The van der Waals surface area contributed by atoms with E-state index in [2.05, 4.69) is 146 Å². The maximum Gasteiger partial charge on any atom is -0.00259 e. The van der Waals surface area contributed by atoms with Crippen LogP contribution in [0.4, 0.5) is 0 Å². The fourth-order valence-corrected chi connectivity index (χ4v) is 6.78. The van der Waals surface area contributed by atoms with E-state index in [4.69, 9.17) is 0 Å². The Hall–Kier alpha value is -5.20. The molecule has 0 heterocycles. The third-order valence-corrected chi connectivity index (χ3v) is 8.74. The molecule has 1 aliphatic carbocycles. The zero-order valence-electron chi connectivity index (χ0n) is 21.9. The molecule has 0 heteroatoms. The predicted molar refractivity (Wildman–Crippen MR) is 172 cm³/mol. The summed E-state index contributed by atoms with van der Waals surface area (Å²) in [5.41, 5.74) is 10.4. The maximum absolute atomic E-state index is 2.38. The molecule has 0 nitrogen and oxygen atoms in total. The first-order chi connectivity index (χ1) is 19.8. The topological polar surface area (TPSA) is 0 Å². The van der Waals surface area contributed by atoms with E-state index in [9.17, 15) is 0 Å². The van der Waals surface area contributed by atoms with Crippen molar-refractivity contribution in [3.63, 3.8) is 0 Å². The lowest BCUT2D eigenvalue weighted by Gasteiger charge is -2.11. The van der Waals surface area contributed by atoms with Gasteiger partial charge in [-0.1, -0.05) is 115 Å². The molecule has 0 saturated heterocycles. The lowest BCUT2D eigenvalue weighted by Crippen LogP contribution is -1.84. The van der Waals surface area contributed by atoms with Crippen molar-refractivity contribution in [3.05, 3.63) is 146 Å². The van der Waals surface area contributed by atoms with Gasteiger partial charge in [-0.05, 0) is 118 Å². The van der Waals surface area contributed by atoms with Gasteiger partial charge >= 0.3 is 0 Å². The van der Waals surface area contributed by atoms with Gasteiger partial charge < -0.3 is 0 Å². The Bertz CT molecular complexity index is 2320. The van der Waals surface area contributed by atoms with E-state index in [1.54, 1.807) is 0 Å². The fraction of sp³-hybridized carbons (Fsp3) is 0. The second kappa shape index (κ2) is 8.15. The summed E-state index contributed by atoms with van der Waals surface area (Å²) in [6.45, 7) is 0. The number of hydrogen-bond acceptors (Lipinski definition) is 0. The first kappa shape index (κ1) is 21.7. The molecule has 0 radical (unpaired) electrons. The van der Waals surface area contributed by atoms with Gasteiger partial charge in [0.15, 0.2) is 0 Å². The molecule has 9 rings (SSSR count). The zero-order chi connectivity index (χ0) is 26.2. The molecule has 0 atom stereocenters. The van der Waals surface area contributed by atoms with Gasteiger partial charge in [0.1, 0.15) is 0 Å². The summed E-state index contributed by atoms with van der Waals surface area (Å²) in [6.07, 6.45) is 0. The Balaban J connectivity index is 1.13. The van der Waals surface area contributed by atoms with Crippen LogP contribution in [0.25, 0.3) is 87.6 Å². The van der Waals surface area contributed by atoms with Gasteiger partial charge in [-0.2, -0.15) is 0 Å². The fourth-order valence-electron chi connectivity index (χ4n) is 6.78. The SMILES string of the molecule is c1ccc2c(c1)-c1cccc3cc(-c4ccc5cc(-c6ccc7c(ccc8ccccc87)c6)ccc5c4)cc-2c13. The molecule has 1 aliphatic rings. The lowest BCUT2D eigenvalue weighted by molar-refractivity contribution is 1.65. The Labute approximate surface area is 232 Å². The predicted octanol–water partition coefficient (Wildman–Crippen LogP) is 11.3. The highest BCUT2D eigenvalue weighted by atomic mass is 14.2. The van der Waals surface area contributed by atoms with Gasteiger partial charge in [0.05, 0.1) is 0 Å². The lowest BCUT2D eigenvalue weighted by atomic mass is 9.93. The number of fused-ring (bicyclic) bond motifs is 7. The second-order valence-corrected chi connectivity index (χ2v) is 11.0. The highest BCUT2D eigenvalue weighted by molar-refractivity contribution is 6.16. The molecule has 0 N–H and O–H groups in total. The van der Waals surface area contributed by atoms with Crippen LogP contribution in [-0.4, -0.2) is 0 Å². The van der Waals surface area contributed by atoms with Crippen molar-refractivity contribution in [2.75, 3.05) is 0 Å². The van der Waals surface area contributed by atoms with Crippen LogP contribution in [-0.2, 0) is 0 Å². The molecule has 8 aromatic carbocycles. The molecule has 0 aromatic heterocycles. The maximum atomic E-state index is 2.38. The van der Waals surface area contributed by atoms with Crippen molar-refractivity contribution in [2.24, 2.45) is 0 Å². The first-order valence-electron chi connectivity index (χ1n) is 13.9. The molecule has 0 spiro atoms. The van der Waals surface area contributed by atoms with Gasteiger partial charge in [0.25, 0.3) is 0 Å². The third-order valence-electron chi connectivity index (χ3n) is 8.74. The largest absolute Gasteiger partial charge is 0.0616 e. The van der Waals surface area contributed by atoms with Crippen molar-refractivity contribution >= 4 is 43.1 Å². The van der Waals surface area contributed by atoms with Crippen LogP contribution in [0.1, 0.15) is 0 Å². The summed E-state index contributed by atoms with van der Waals surface area (Å²) < 4.78 is 0. The minimum atomic E-state index is 1.25. The molecule has 0 unspecified atom stereocenters. The molecule has 0 fully saturated rings. The van der Waals surface area contributed by atoms with E-state index in [-0.39, 0.29) is 0 Å². The average molecular weight is 505 g/mol. The smallest absolute Gasteiger partial charge is 0.00259 e. The summed E-state index contributed by atoms with van der Waals surface area (Å²) in [4.78, 5) is 0.